The van der Waals surface area contributed by atoms with E-state index in [0.717, 1.165) is 10.6 Å². The summed E-state index contributed by atoms with van der Waals surface area (Å²) in [5.41, 5.74) is -2.45. The lowest BCUT2D eigenvalue weighted by molar-refractivity contribution is -0.246. The Kier molecular flexibility index (Phi) is 8.54. The number of aromatic amines is 1. The molecule has 1 aliphatic heterocycles. The Hall–Kier alpha value is -0.950. The third kappa shape index (κ3) is 8.34. The van der Waals surface area contributed by atoms with Crippen molar-refractivity contribution in [3.63, 3.8) is 0 Å². The third-order valence-electron chi connectivity index (χ3n) is 4.58. The van der Waals surface area contributed by atoms with E-state index in [1.54, 1.807) is 13.8 Å². The average molecular weight is 532 g/mol. The van der Waals surface area contributed by atoms with Gasteiger partial charge in [0, 0.05) is 23.7 Å². The summed E-state index contributed by atoms with van der Waals surface area (Å²) in [7, 11) is -16.7. The highest BCUT2D eigenvalue weighted by Crippen LogP contribution is 2.62. The van der Waals surface area contributed by atoms with Gasteiger partial charge in [-0.1, -0.05) is 13.8 Å². The SMILES string of the molecule is CC1[C@@H](C)[C@@H](COP(=O)([O-])OP(=O)([O-])OP(=O)([O-])NC(C)(C)C)O[C@H]1n1ccc(=O)[nH]c1=O. The Morgan fingerprint density at radius 3 is 2.24 bits per heavy atom. The maximum Gasteiger partial charge on any atom is 0.330 e. The fourth-order valence-corrected chi connectivity index (χ4v) is 6.97. The fourth-order valence-electron chi connectivity index (χ4n) is 3.05. The van der Waals surface area contributed by atoms with Gasteiger partial charge in [0.25, 0.3) is 21.2 Å². The molecule has 33 heavy (non-hydrogen) atoms. The van der Waals surface area contributed by atoms with E-state index in [1.807, 2.05) is 5.09 Å². The first-order valence-corrected chi connectivity index (χ1v) is 14.0. The van der Waals surface area contributed by atoms with Crippen molar-refractivity contribution in [1.82, 2.24) is 14.6 Å². The van der Waals surface area contributed by atoms with Crippen LogP contribution in [0.5, 0.6) is 0 Å². The van der Waals surface area contributed by atoms with Crippen molar-refractivity contribution >= 4 is 23.4 Å². The minimum Gasteiger partial charge on any atom is -0.766 e. The smallest absolute Gasteiger partial charge is 0.330 e. The Bertz CT molecular complexity index is 1110. The number of phosphoric ester groups is 1. The van der Waals surface area contributed by atoms with Crippen molar-refractivity contribution in [2.45, 2.75) is 52.5 Å². The van der Waals surface area contributed by atoms with E-state index in [0.29, 0.717) is 0 Å². The number of nitrogens with one attached hydrogen (secondary N) is 2. The molecule has 2 N–H and O–H groups in total. The van der Waals surface area contributed by atoms with Gasteiger partial charge in [-0.2, -0.15) is 0 Å². The van der Waals surface area contributed by atoms with Crippen LogP contribution in [0.3, 0.4) is 0 Å². The minimum absolute atomic E-state index is 0.335. The molecule has 0 spiro atoms. The number of ether oxygens (including phenoxy) is 1. The van der Waals surface area contributed by atoms with Crippen molar-refractivity contribution in [2.75, 3.05) is 6.61 Å². The second kappa shape index (κ2) is 9.96. The van der Waals surface area contributed by atoms with Gasteiger partial charge in [0.15, 0.2) is 0 Å². The molecule has 2 heterocycles. The topological polar surface area (TPSA) is 224 Å². The zero-order valence-electron chi connectivity index (χ0n) is 18.4. The van der Waals surface area contributed by atoms with Crippen LogP contribution < -0.4 is 31.0 Å². The molecule has 1 aromatic rings. The summed E-state index contributed by atoms with van der Waals surface area (Å²) >= 11 is 0. The molecular formula is C15H25N3O12P3-3. The van der Waals surface area contributed by atoms with Gasteiger partial charge in [0.1, 0.15) is 6.23 Å². The van der Waals surface area contributed by atoms with Gasteiger partial charge >= 0.3 is 5.69 Å². The van der Waals surface area contributed by atoms with Crippen LogP contribution in [0.1, 0.15) is 40.8 Å². The van der Waals surface area contributed by atoms with Crippen LogP contribution in [-0.2, 0) is 31.6 Å². The van der Waals surface area contributed by atoms with Gasteiger partial charge in [0.2, 0.25) is 7.75 Å². The molecule has 1 fully saturated rings. The van der Waals surface area contributed by atoms with E-state index in [9.17, 15) is 38.0 Å². The average Bonchev–Trinajstić information content (AvgIpc) is 2.84. The lowest BCUT2D eigenvalue weighted by atomic mass is 9.93. The van der Waals surface area contributed by atoms with Gasteiger partial charge in [-0.25, -0.2) is 9.11 Å². The van der Waals surface area contributed by atoms with E-state index in [1.165, 1.54) is 27.0 Å². The molecule has 0 aliphatic carbocycles. The van der Waals surface area contributed by atoms with Gasteiger partial charge in [-0.05, 0) is 26.7 Å². The van der Waals surface area contributed by atoms with E-state index >= 15 is 0 Å². The second-order valence-electron chi connectivity index (χ2n) is 8.51. The standard InChI is InChI=1S/C15H28N3O12P3/c1-9-10(2)13(18-7-6-12(19)16-14(18)20)28-11(9)8-27-32(23,24)30-33(25,26)29-31(21,22)17-15(3,4)5/h6-7,9-11,13H,8H2,1-5H3,(H,23,24)(H,25,26)(H,16,19,20)(H2,17,21,22)/p-3/t9-,10?,11-,13-/m1/s1. The number of aromatic nitrogens is 2. The number of hydrogen-bond donors (Lipinski definition) is 2. The Labute approximate surface area is 188 Å². The van der Waals surface area contributed by atoms with Crippen molar-refractivity contribution in [3.05, 3.63) is 33.1 Å². The molecule has 0 radical (unpaired) electrons. The van der Waals surface area contributed by atoms with Gasteiger partial charge in [-0.3, -0.25) is 37.4 Å². The Morgan fingerprint density at radius 1 is 1.09 bits per heavy atom. The summed E-state index contributed by atoms with van der Waals surface area (Å²) in [6.07, 6.45) is -0.568. The molecule has 1 saturated heterocycles. The number of rotatable bonds is 9. The Morgan fingerprint density at radius 2 is 1.70 bits per heavy atom. The number of nitrogens with zero attached hydrogens (tertiary/aromatic N) is 1. The normalized spacial score (nSPS) is 29.2. The molecule has 0 amide bonds. The first-order valence-electron chi connectivity index (χ1n) is 9.58. The summed E-state index contributed by atoms with van der Waals surface area (Å²) < 4.78 is 54.6. The quantitative estimate of drug-likeness (QED) is 0.385. The van der Waals surface area contributed by atoms with Crippen LogP contribution in [0.4, 0.5) is 0 Å². The van der Waals surface area contributed by atoms with Crippen LogP contribution in [-0.4, -0.2) is 27.8 Å². The monoisotopic (exact) mass is 532 g/mol. The molecule has 4 unspecified atom stereocenters. The first kappa shape index (κ1) is 28.3. The molecular weight excluding hydrogens is 507 g/mol. The van der Waals surface area contributed by atoms with Gasteiger partial charge < -0.3 is 23.9 Å². The highest BCUT2D eigenvalue weighted by Gasteiger charge is 2.41. The van der Waals surface area contributed by atoms with E-state index in [4.69, 9.17) is 4.74 Å². The summed E-state index contributed by atoms with van der Waals surface area (Å²) in [6, 6.07) is 1.11. The Balaban J connectivity index is 2.03. The summed E-state index contributed by atoms with van der Waals surface area (Å²) in [5.74, 6) is -0.708. The van der Waals surface area contributed by atoms with Crippen LogP contribution in [0, 0.1) is 11.8 Å². The van der Waals surface area contributed by atoms with Gasteiger partial charge in [0.05, 0.1) is 12.7 Å². The maximum atomic E-state index is 12.0. The molecule has 1 aromatic heterocycles. The number of phosphoric acid groups is 2. The van der Waals surface area contributed by atoms with Crippen molar-refractivity contribution in [2.24, 2.45) is 11.8 Å². The summed E-state index contributed by atoms with van der Waals surface area (Å²) in [5, 5.41) is 1.88. The van der Waals surface area contributed by atoms with Crippen molar-refractivity contribution in [1.29, 1.82) is 0 Å². The fraction of sp³-hybridized carbons (Fsp3) is 0.733. The highest BCUT2D eigenvalue weighted by molar-refractivity contribution is 7.66. The molecule has 15 nitrogen and oxygen atoms in total. The molecule has 190 valence electrons. The largest absolute Gasteiger partial charge is 0.766 e. The second-order valence-corrected chi connectivity index (χ2v) is 13.1. The third-order valence-corrected chi connectivity index (χ3v) is 9.25. The van der Waals surface area contributed by atoms with Crippen LogP contribution >= 0.6 is 23.4 Å². The molecule has 0 bridgehead atoms. The predicted molar refractivity (Wildman–Crippen MR) is 107 cm³/mol. The first-order chi connectivity index (χ1) is 14.8. The zero-order chi connectivity index (χ0) is 25.4. The van der Waals surface area contributed by atoms with Crippen LogP contribution in [0.25, 0.3) is 0 Å². The van der Waals surface area contributed by atoms with Crippen molar-refractivity contribution < 1.29 is 46.3 Å². The molecule has 0 saturated carbocycles. The van der Waals surface area contributed by atoms with E-state index in [-0.39, 0.29) is 11.8 Å². The molecule has 1 aliphatic rings. The molecule has 0 aromatic carbocycles. The predicted octanol–water partition coefficient (Wildman–Crippen LogP) is -0.451. The van der Waals surface area contributed by atoms with E-state index in [2.05, 4.69) is 18.1 Å². The summed E-state index contributed by atoms with van der Waals surface area (Å²) in [4.78, 5) is 60.8. The molecule has 7 atom stereocenters. The lowest BCUT2D eigenvalue weighted by Crippen LogP contribution is -2.37. The lowest BCUT2D eigenvalue weighted by Gasteiger charge is -2.37. The number of H-pyrrole nitrogens is 1. The van der Waals surface area contributed by atoms with Crippen LogP contribution in [0.2, 0.25) is 0 Å². The molecule has 2 rings (SSSR count). The van der Waals surface area contributed by atoms with Crippen LogP contribution in [0.15, 0.2) is 21.9 Å². The van der Waals surface area contributed by atoms with E-state index < -0.39 is 59.1 Å². The number of hydrogen-bond acceptors (Lipinski definition) is 12. The zero-order valence-corrected chi connectivity index (χ0v) is 21.0. The van der Waals surface area contributed by atoms with Crippen molar-refractivity contribution in [3.8, 4) is 0 Å². The van der Waals surface area contributed by atoms with Gasteiger partial charge in [-0.15, -0.1) is 0 Å². The molecule has 18 heteroatoms. The maximum absolute atomic E-state index is 12.0. The highest BCUT2D eigenvalue weighted by atomic mass is 31.3. The summed E-state index contributed by atoms with van der Waals surface area (Å²) in [6.45, 7) is 6.90. The minimum atomic E-state index is -5.89.